The molecule has 2 aliphatic heterocycles. The summed E-state index contributed by atoms with van der Waals surface area (Å²) in [5.41, 5.74) is 7.38. The lowest BCUT2D eigenvalue weighted by atomic mass is 9.97. The highest BCUT2D eigenvalue weighted by atomic mass is 35.5. The zero-order valence-corrected chi connectivity index (χ0v) is 11.3. The van der Waals surface area contributed by atoms with Crippen LogP contribution in [0.15, 0.2) is 24.5 Å². The summed E-state index contributed by atoms with van der Waals surface area (Å²) in [5.74, 6) is 0. The lowest BCUT2D eigenvalue weighted by molar-refractivity contribution is 0.414. The number of nitrogens with two attached hydrogens (primary N) is 1. The number of anilines is 1. The highest BCUT2D eigenvalue weighted by molar-refractivity contribution is 5.85. The van der Waals surface area contributed by atoms with Gasteiger partial charge < -0.3 is 10.6 Å². The predicted molar refractivity (Wildman–Crippen MR) is 75.2 cm³/mol. The van der Waals surface area contributed by atoms with Crippen LogP contribution >= 0.6 is 24.8 Å². The molecule has 2 unspecified atom stereocenters. The summed E-state index contributed by atoms with van der Waals surface area (Å²) in [4.78, 5) is 6.63. The molecule has 0 radical (unpaired) electrons. The maximum absolute atomic E-state index is 6.06. The molecule has 0 spiro atoms. The van der Waals surface area contributed by atoms with Crippen molar-refractivity contribution in [2.75, 3.05) is 4.90 Å². The zero-order chi connectivity index (χ0) is 10.3. The number of nitrogens with zero attached hydrogens (tertiary/aromatic N) is 2. The number of fused-ring (bicyclic) bond motifs is 2. The molecule has 2 saturated heterocycles. The van der Waals surface area contributed by atoms with E-state index in [-0.39, 0.29) is 24.8 Å². The van der Waals surface area contributed by atoms with Crippen molar-refractivity contribution in [3.63, 3.8) is 0 Å². The van der Waals surface area contributed by atoms with E-state index in [0.29, 0.717) is 18.1 Å². The summed E-state index contributed by atoms with van der Waals surface area (Å²) in [7, 11) is 0. The molecule has 1 aromatic rings. The molecule has 96 valence electrons. The van der Waals surface area contributed by atoms with Gasteiger partial charge in [-0.1, -0.05) is 0 Å². The summed E-state index contributed by atoms with van der Waals surface area (Å²) in [6.07, 6.45) is 8.67. The smallest absolute Gasteiger partial charge is 0.0402 e. The van der Waals surface area contributed by atoms with Crippen LogP contribution in [0.25, 0.3) is 0 Å². The largest absolute Gasteiger partial charge is 0.365 e. The lowest BCUT2D eigenvalue weighted by Crippen LogP contribution is -2.47. The second-order valence-electron chi connectivity index (χ2n) is 4.73. The van der Waals surface area contributed by atoms with Crippen molar-refractivity contribution in [2.45, 2.75) is 43.8 Å². The number of hydrogen-bond donors (Lipinski definition) is 1. The molecule has 2 fully saturated rings. The molecule has 0 amide bonds. The first-order valence-electron chi connectivity index (χ1n) is 5.78. The molecular weight excluding hydrogens is 257 g/mol. The zero-order valence-electron chi connectivity index (χ0n) is 9.66. The third-order valence-corrected chi connectivity index (χ3v) is 3.73. The fourth-order valence-corrected chi connectivity index (χ4v) is 3.16. The van der Waals surface area contributed by atoms with Crippen LogP contribution in [-0.4, -0.2) is 23.1 Å². The second kappa shape index (κ2) is 5.89. The van der Waals surface area contributed by atoms with Crippen LogP contribution in [0.4, 0.5) is 5.69 Å². The lowest BCUT2D eigenvalue weighted by Gasteiger charge is -2.39. The van der Waals surface area contributed by atoms with Crippen molar-refractivity contribution in [1.29, 1.82) is 0 Å². The SMILES string of the molecule is Cl.Cl.NC1CC2CCC(C1)N2c1ccncc1. The number of rotatable bonds is 1. The Labute approximate surface area is 115 Å². The van der Waals surface area contributed by atoms with E-state index in [1.807, 2.05) is 12.4 Å². The van der Waals surface area contributed by atoms with Crippen LogP contribution < -0.4 is 10.6 Å². The number of piperidine rings is 1. The third-order valence-electron chi connectivity index (χ3n) is 3.73. The van der Waals surface area contributed by atoms with Gasteiger partial charge in [0.15, 0.2) is 0 Å². The van der Waals surface area contributed by atoms with E-state index >= 15 is 0 Å². The summed E-state index contributed by atoms with van der Waals surface area (Å²) >= 11 is 0. The first kappa shape index (κ1) is 14.6. The van der Waals surface area contributed by atoms with Crippen molar-refractivity contribution < 1.29 is 0 Å². The minimum atomic E-state index is 0. The van der Waals surface area contributed by atoms with Gasteiger partial charge in [-0.15, -0.1) is 24.8 Å². The first-order chi connectivity index (χ1) is 7.34. The number of aromatic nitrogens is 1. The predicted octanol–water partition coefficient (Wildman–Crippen LogP) is 2.38. The average molecular weight is 276 g/mol. The number of hydrogen-bond acceptors (Lipinski definition) is 3. The van der Waals surface area contributed by atoms with Crippen LogP contribution in [0.5, 0.6) is 0 Å². The van der Waals surface area contributed by atoms with Crippen molar-refractivity contribution in [2.24, 2.45) is 5.73 Å². The van der Waals surface area contributed by atoms with E-state index in [1.165, 1.54) is 18.5 Å². The molecule has 2 aliphatic rings. The van der Waals surface area contributed by atoms with Crippen LogP contribution in [0.3, 0.4) is 0 Å². The van der Waals surface area contributed by atoms with Gasteiger partial charge in [0.25, 0.3) is 0 Å². The molecule has 0 saturated carbocycles. The maximum Gasteiger partial charge on any atom is 0.0402 e. The molecule has 0 aliphatic carbocycles. The molecule has 3 rings (SSSR count). The average Bonchev–Trinajstić information content (AvgIpc) is 2.53. The van der Waals surface area contributed by atoms with Gasteiger partial charge in [-0.3, -0.25) is 4.98 Å². The van der Waals surface area contributed by atoms with E-state index in [9.17, 15) is 0 Å². The van der Waals surface area contributed by atoms with E-state index in [1.54, 1.807) is 0 Å². The molecule has 3 heterocycles. The highest BCUT2D eigenvalue weighted by Crippen LogP contribution is 2.38. The molecule has 1 aromatic heterocycles. The Morgan fingerprint density at radius 2 is 1.59 bits per heavy atom. The summed E-state index contributed by atoms with van der Waals surface area (Å²) in [6.45, 7) is 0. The van der Waals surface area contributed by atoms with Gasteiger partial charge in [0.1, 0.15) is 0 Å². The normalized spacial score (nSPS) is 30.4. The van der Waals surface area contributed by atoms with Gasteiger partial charge >= 0.3 is 0 Å². The Balaban J connectivity index is 0.000000722. The van der Waals surface area contributed by atoms with Gasteiger partial charge in [-0.05, 0) is 37.8 Å². The molecule has 3 nitrogen and oxygen atoms in total. The van der Waals surface area contributed by atoms with E-state index < -0.39 is 0 Å². The van der Waals surface area contributed by atoms with E-state index in [0.717, 1.165) is 12.8 Å². The Morgan fingerprint density at radius 1 is 1.06 bits per heavy atom. The van der Waals surface area contributed by atoms with Gasteiger partial charge in [0.2, 0.25) is 0 Å². The monoisotopic (exact) mass is 275 g/mol. The van der Waals surface area contributed by atoms with Gasteiger partial charge in [0, 0.05) is 36.2 Å². The van der Waals surface area contributed by atoms with Crippen LogP contribution in [0, 0.1) is 0 Å². The maximum atomic E-state index is 6.06. The number of pyridine rings is 1. The molecule has 2 bridgehead atoms. The highest BCUT2D eigenvalue weighted by Gasteiger charge is 2.39. The third kappa shape index (κ3) is 2.67. The van der Waals surface area contributed by atoms with Crippen molar-refractivity contribution >= 4 is 30.5 Å². The van der Waals surface area contributed by atoms with Crippen LogP contribution in [0.1, 0.15) is 25.7 Å². The van der Waals surface area contributed by atoms with Crippen molar-refractivity contribution in [3.05, 3.63) is 24.5 Å². The Morgan fingerprint density at radius 3 is 2.12 bits per heavy atom. The Hall–Kier alpha value is -0.510. The second-order valence-corrected chi connectivity index (χ2v) is 4.73. The standard InChI is InChI=1S/C12H17N3.2ClH/c13-9-7-11-1-2-12(8-9)15(11)10-3-5-14-6-4-10;;/h3-6,9,11-12H,1-2,7-8,13H2;2*1H. The summed E-state index contributed by atoms with van der Waals surface area (Å²) < 4.78 is 0. The molecule has 0 aromatic carbocycles. The van der Waals surface area contributed by atoms with Gasteiger partial charge in [-0.25, -0.2) is 0 Å². The van der Waals surface area contributed by atoms with Gasteiger partial charge in [-0.2, -0.15) is 0 Å². The summed E-state index contributed by atoms with van der Waals surface area (Å²) in [6, 6.07) is 5.98. The van der Waals surface area contributed by atoms with Crippen LogP contribution in [0.2, 0.25) is 0 Å². The first-order valence-corrected chi connectivity index (χ1v) is 5.78. The topological polar surface area (TPSA) is 42.1 Å². The van der Waals surface area contributed by atoms with E-state index in [2.05, 4.69) is 22.0 Å². The molecule has 2 N–H and O–H groups in total. The molecule has 2 atom stereocenters. The fourth-order valence-electron chi connectivity index (χ4n) is 3.16. The minimum Gasteiger partial charge on any atom is -0.365 e. The van der Waals surface area contributed by atoms with Crippen LogP contribution in [-0.2, 0) is 0 Å². The number of halogens is 2. The van der Waals surface area contributed by atoms with Gasteiger partial charge in [0.05, 0.1) is 0 Å². The van der Waals surface area contributed by atoms with Crippen molar-refractivity contribution in [1.82, 2.24) is 4.98 Å². The summed E-state index contributed by atoms with van der Waals surface area (Å²) in [5, 5.41) is 0. The Bertz CT molecular complexity index is 333. The minimum absolute atomic E-state index is 0. The fraction of sp³-hybridized carbons (Fsp3) is 0.583. The quantitative estimate of drug-likeness (QED) is 0.856. The molecular formula is C12H19Cl2N3. The van der Waals surface area contributed by atoms with Crippen molar-refractivity contribution in [3.8, 4) is 0 Å². The Kier molecular flexibility index (Phi) is 5.04. The molecule has 5 heteroatoms. The van der Waals surface area contributed by atoms with E-state index in [4.69, 9.17) is 5.73 Å². The molecule has 17 heavy (non-hydrogen) atoms.